The number of hydrogen-bond acceptors (Lipinski definition) is 3. The Morgan fingerprint density at radius 2 is 2.13 bits per heavy atom. The highest BCUT2D eigenvalue weighted by molar-refractivity contribution is 9.10. The molecular weight excluding hydrogens is 260 g/mol. The van der Waals surface area contributed by atoms with Crippen molar-refractivity contribution < 1.29 is 14.3 Å². The molecule has 2 rings (SSSR count). The van der Waals surface area contributed by atoms with Gasteiger partial charge in [0.1, 0.15) is 18.5 Å². The molecule has 1 saturated heterocycles. The number of ether oxygens (including phenoxy) is 2. The van der Waals surface area contributed by atoms with Crippen molar-refractivity contribution in [3.8, 4) is 5.75 Å². The van der Waals surface area contributed by atoms with Gasteiger partial charge in [0.15, 0.2) is 0 Å². The van der Waals surface area contributed by atoms with Gasteiger partial charge in [-0.25, -0.2) is 0 Å². The van der Waals surface area contributed by atoms with Crippen molar-refractivity contribution in [3.63, 3.8) is 0 Å². The van der Waals surface area contributed by atoms with Crippen molar-refractivity contribution in [2.45, 2.75) is 18.9 Å². The van der Waals surface area contributed by atoms with Gasteiger partial charge in [0.05, 0.1) is 0 Å². The van der Waals surface area contributed by atoms with Crippen LogP contribution >= 0.6 is 15.9 Å². The SMILES string of the molecule is O=C1CCC(COc2ccc(Br)cc2)O1. The molecule has 1 aromatic carbocycles. The van der Waals surface area contributed by atoms with E-state index in [0.29, 0.717) is 13.0 Å². The Labute approximate surface area is 96.5 Å². The molecule has 0 spiro atoms. The van der Waals surface area contributed by atoms with Crippen LogP contribution in [0.25, 0.3) is 0 Å². The Morgan fingerprint density at radius 3 is 2.73 bits per heavy atom. The minimum Gasteiger partial charge on any atom is -0.490 e. The van der Waals surface area contributed by atoms with Gasteiger partial charge in [-0.3, -0.25) is 4.79 Å². The molecule has 1 unspecified atom stereocenters. The van der Waals surface area contributed by atoms with Crippen LogP contribution in [-0.4, -0.2) is 18.7 Å². The summed E-state index contributed by atoms with van der Waals surface area (Å²) in [6.07, 6.45) is 1.19. The largest absolute Gasteiger partial charge is 0.490 e. The van der Waals surface area contributed by atoms with Crippen LogP contribution in [0.3, 0.4) is 0 Å². The number of carbonyl (C=O) groups excluding carboxylic acids is 1. The molecular formula is C11H11BrO3. The van der Waals surface area contributed by atoms with Crippen molar-refractivity contribution in [1.29, 1.82) is 0 Å². The summed E-state index contributed by atoms with van der Waals surface area (Å²) in [6.45, 7) is 0.438. The van der Waals surface area contributed by atoms with Crippen LogP contribution < -0.4 is 4.74 Å². The van der Waals surface area contributed by atoms with E-state index in [4.69, 9.17) is 9.47 Å². The topological polar surface area (TPSA) is 35.5 Å². The van der Waals surface area contributed by atoms with Crippen LogP contribution in [-0.2, 0) is 9.53 Å². The molecule has 1 aliphatic rings. The average molecular weight is 271 g/mol. The maximum Gasteiger partial charge on any atom is 0.306 e. The van der Waals surface area contributed by atoms with Gasteiger partial charge in [-0.15, -0.1) is 0 Å². The fourth-order valence-electron chi connectivity index (χ4n) is 1.42. The standard InChI is InChI=1S/C11H11BrO3/c12-8-1-3-9(4-2-8)14-7-10-5-6-11(13)15-10/h1-4,10H,5-7H2. The molecule has 1 aliphatic heterocycles. The molecule has 80 valence electrons. The van der Waals surface area contributed by atoms with E-state index in [9.17, 15) is 4.79 Å². The lowest BCUT2D eigenvalue weighted by Crippen LogP contribution is -2.17. The fourth-order valence-corrected chi connectivity index (χ4v) is 1.68. The molecule has 0 bridgehead atoms. The highest BCUT2D eigenvalue weighted by Crippen LogP contribution is 2.18. The minimum absolute atomic E-state index is 0.0823. The molecule has 0 aromatic heterocycles. The number of rotatable bonds is 3. The molecule has 3 nitrogen and oxygen atoms in total. The summed E-state index contributed by atoms with van der Waals surface area (Å²) in [4.78, 5) is 10.8. The van der Waals surface area contributed by atoms with Gasteiger partial charge in [0.25, 0.3) is 0 Å². The minimum atomic E-state index is -0.126. The van der Waals surface area contributed by atoms with E-state index in [0.717, 1.165) is 16.6 Å². The van der Waals surface area contributed by atoms with Crippen molar-refractivity contribution in [3.05, 3.63) is 28.7 Å². The predicted octanol–water partition coefficient (Wildman–Crippen LogP) is 2.53. The zero-order chi connectivity index (χ0) is 10.7. The maximum absolute atomic E-state index is 10.8. The number of esters is 1. The zero-order valence-electron chi connectivity index (χ0n) is 8.11. The van der Waals surface area contributed by atoms with Crippen LogP contribution in [0.2, 0.25) is 0 Å². The van der Waals surface area contributed by atoms with E-state index < -0.39 is 0 Å². The first-order chi connectivity index (χ1) is 7.24. The molecule has 0 aliphatic carbocycles. The lowest BCUT2D eigenvalue weighted by atomic mass is 10.2. The van der Waals surface area contributed by atoms with Crippen LogP contribution in [0.15, 0.2) is 28.7 Å². The summed E-state index contributed by atoms with van der Waals surface area (Å²) in [5.41, 5.74) is 0. The molecule has 1 atom stereocenters. The summed E-state index contributed by atoms with van der Waals surface area (Å²) >= 11 is 3.35. The monoisotopic (exact) mass is 270 g/mol. The van der Waals surface area contributed by atoms with E-state index in [1.165, 1.54) is 0 Å². The number of hydrogen-bond donors (Lipinski definition) is 0. The summed E-state index contributed by atoms with van der Waals surface area (Å²) < 4.78 is 11.5. The number of carbonyl (C=O) groups is 1. The first kappa shape index (κ1) is 10.5. The molecule has 0 amide bonds. The van der Waals surface area contributed by atoms with Crippen molar-refractivity contribution >= 4 is 21.9 Å². The number of halogens is 1. The highest BCUT2D eigenvalue weighted by Gasteiger charge is 2.23. The Kier molecular flexibility index (Phi) is 3.26. The maximum atomic E-state index is 10.8. The quantitative estimate of drug-likeness (QED) is 0.792. The van der Waals surface area contributed by atoms with Gasteiger partial charge in [0, 0.05) is 10.9 Å². The summed E-state index contributed by atoms with van der Waals surface area (Å²) in [7, 11) is 0. The first-order valence-corrected chi connectivity index (χ1v) is 5.61. The fraction of sp³-hybridized carbons (Fsp3) is 0.364. The molecule has 4 heteroatoms. The normalized spacial score (nSPS) is 20.1. The third-order valence-electron chi connectivity index (χ3n) is 2.22. The van der Waals surface area contributed by atoms with Crippen molar-refractivity contribution in [2.75, 3.05) is 6.61 Å². The second kappa shape index (κ2) is 4.66. The predicted molar refractivity (Wildman–Crippen MR) is 58.8 cm³/mol. The molecule has 15 heavy (non-hydrogen) atoms. The molecule has 0 N–H and O–H groups in total. The van der Waals surface area contributed by atoms with E-state index >= 15 is 0 Å². The van der Waals surface area contributed by atoms with Crippen LogP contribution in [0, 0.1) is 0 Å². The van der Waals surface area contributed by atoms with E-state index in [1.807, 2.05) is 24.3 Å². The highest BCUT2D eigenvalue weighted by atomic mass is 79.9. The molecule has 0 saturated carbocycles. The summed E-state index contributed by atoms with van der Waals surface area (Å²) in [5, 5.41) is 0. The molecule has 1 aromatic rings. The molecule has 0 radical (unpaired) electrons. The summed E-state index contributed by atoms with van der Waals surface area (Å²) in [5.74, 6) is 0.667. The molecule has 1 fully saturated rings. The van der Waals surface area contributed by atoms with Crippen molar-refractivity contribution in [1.82, 2.24) is 0 Å². The van der Waals surface area contributed by atoms with Gasteiger partial charge in [-0.2, -0.15) is 0 Å². The smallest absolute Gasteiger partial charge is 0.306 e. The van der Waals surface area contributed by atoms with Gasteiger partial charge < -0.3 is 9.47 Å². The first-order valence-electron chi connectivity index (χ1n) is 4.82. The van der Waals surface area contributed by atoms with Gasteiger partial charge in [0.2, 0.25) is 0 Å². The molecule has 1 heterocycles. The van der Waals surface area contributed by atoms with Crippen LogP contribution in [0.1, 0.15) is 12.8 Å². The van der Waals surface area contributed by atoms with Crippen LogP contribution in [0.5, 0.6) is 5.75 Å². The Bertz CT molecular complexity index is 347. The lowest BCUT2D eigenvalue weighted by molar-refractivity contribution is -0.142. The second-order valence-electron chi connectivity index (χ2n) is 3.42. The Hall–Kier alpha value is -1.03. The third-order valence-corrected chi connectivity index (χ3v) is 2.75. The number of benzene rings is 1. The lowest BCUT2D eigenvalue weighted by Gasteiger charge is -2.10. The van der Waals surface area contributed by atoms with Gasteiger partial charge >= 0.3 is 5.97 Å². The third kappa shape index (κ3) is 2.96. The van der Waals surface area contributed by atoms with Gasteiger partial charge in [-0.1, -0.05) is 15.9 Å². The Morgan fingerprint density at radius 1 is 1.40 bits per heavy atom. The summed E-state index contributed by atoms with van der Waals surface area (Å²) in [6, 6.07) is 7.58. The zero-order valence-corrected chi connectivity index (χ0v) is 9.70. The van der Waals surface area contributed by atoms with E-state index in [2.05, 4.69) is 15.9 Å². The van der Waals surface area contributed by atoms with Crippen molar-refractivity contribution in [2.24, 2.45) is 0 Å². The second-order valence-corrected chi connectivity index (χ2v) is 4.33. The number of cyclic esters (lactones) is 1. The van der Waals surface area contributed by atoms with E-state index in [-0.39, 0.29) is 12.1 Å². The Balaban J connectivity index is 1.83. The van der Waals surface area contributed by atoms with E-state index in [1.54, 1.807) is 0 Å². The average Bonchev–Trinajstić information content (AvgIpc) is 2.64. The van der Waals surface area contributed by atoms with Crippen LogP contribution in [0.4, 0.5) is 0 Å². The van der Waals surface area contributed by atoms with Gasteiger partial charge in [-0.05, 0) is 30.7 Å².